The summed E-state index contributed by atoms with van der Waals surface area (Å²) in [6.07, 6.45) is -0.0127. The molecular weight excluding hydrogens is 374 g/mol. The summed E-state index contributed by atoms with van der Waals surface area (Å²) in [5.74, 6) is -0.804. The molecule has 1 saturated carbocycles. The summed E-state index contributed by atoms with van der Waals surface area (Å²) in [4.78, 5) is 30.4. The van der Waals surface area contributed by atoms with Crippen molar-refractivity contribution in [2.45, 2.75) is 35.1 Å². The minimum atomic E-state index is -0.991. The minimum absolute atomic E-state index is 0.105. The number of fused-ring (bicyclic) bond motifs is 3. The van der Waals surface area contributed by atoms with Crippen LogP contribution in [0.15, 0.2) is 60.7 Å². The van der Waals surface area contributed by atoms with E-state index in [9.17, 15) is 9.59 Å². The second-order valence-corrected chi connectivity index (χ2v) is 9.09. The zero-order valence-electron chi connectivity index (χ0n) is 15.1. The zero-order chi connectivity index (χ0) is 19.5. The van der Waals surface area contributed by atoms with Gasteiger partial charge in [-0.2, -0.15) is 4.79 Å². The molecule has 0 N–H and O–H groups in total. The van der Waals surface area contributed by atoms with Crippen LogP contribution in [0.25, 0.3) is 5.53 Å². The number of carbonyl (C=O) groups excluding carboxylic acids is 2. The monoisotopic (exact) mass is 391 g/mol. The van der Waals surface area contributed by atoms with Gasteiger partial charge in [0.1, 0.15) is 0 Å². The number of benzene rings is 2. The number of carbonyl (C=O) groups is 2. The molecule has 0 unspecified atom stereocenters. The highest BCUT2D eigenvalue weighted by molar-refractivity contribution is 8.03. The summed E-state index contributed by atoms with van der Waals surface area (Å²) in [6, 6.07) is 19.1. The lowest BCUT2D eigenvalue weighted by molar-refractivity contribution is -0.163. The molecule has 7 heteroatoms. The van der Waals surface area contributed by atoms with E-state index >= 15 is 0 Å². The van der Waals surface area contributed by atoms with Gasteiger partial charge in [-0.1, -0.05) is 60.7 Å². The maximum atomic E-state index is 13.4. The molecule has 2 heterocycles. The van der Waals surface area contributed by atoms with Gasteiger partial charge in [0.15, 0.2) is 17.0 Å². The van der Waals surface area contributed by atoms with E-state index in [-0.39, 0.29) is 11.1 Å². The number of nitrogens with zero attached hydrogens (tertiary/aromatic N) is 3. The van der Waals surface area contributed by atoms with E-state index in [1.54, 1.807) is 0 Å². The van der Waals surface area contributed by atoms with Crippen LogP contribution in [-0.4, -0.2) is 42.9 Å². The second kappa shape index (κ2) is 5.80. The van der Waals surface area contributed by atoms with Crippen molar-refractivity contribution in [2.75, 3.05) is 0 Å². The molecule has 1 aliphatic carbocycles. The minimum Gasteiger partial charge on any atom is -0.451 e. The van der Waals surface area contributed by atoms with Crippen molar-refractivity contribution in [3.8, 4) is 0 Å². The standard InChI is InChI=1S/C21H17N3O3S/c1-20-12-21(20,24-17(25)15(23-22)18(24)28-20)19(26)27-16(13-8-4-2-5-9-13)14-10-6-3-7-11-14/h2-11,16,18H,12H2,1H3/t18-,20+,21+/m1/s1. The van der Waals surface area contributed by atoms with Gasteiger partial charge >= 0.3 is 17.6 Å². The van der Waals surface area contributed by atoms with E-state index < -0.39 is 28.3 Å². The van der Waals surface area contributed by atoms with E-state index in [2.05, 4.69) is 4.79 Å². The topological polar surface area (TPSA) is 83.0 Å². The second-order valence-electron chi connectivity index (χ2n) is 7.51. The van der Waals surface area contributed by atoms with Crippen LogP contribution in [0.2, 0.25) is 0 Å². The SMILES string of the molecule is C[C@]12C[C@@]1(C(=O)OC(c1ccccc1)c1ccccc1)N1C(=O)C(=[N+]=[N-])[C@H]1S2. The summed E-state index contributed by atoms with van der Waals surface area (Å²) in [6.45, 7) is 1.96. The van der Waals surface area contributed by atoms with Crippen molar-refractivity contribution in [1.82, 2.24) is 4.90 Å². The molecule has 6 nitrogen and oxygen atoms in total. The molecule has 0 aromatic heterocycles. The molecule has 2 aromatic rings. The molecule has 3 fully saturated rings. The fourth-order valence-corrected chi connectivity index (χ4v) is 6.11. The van der Waals surface area contributed by atoms with Crippen molar-refractivity contribution in [2.24, 2.45) is 0 Å². The number of thioether (sulfide) groups is 1. The van der Waals surface area contributed by atoms with E-state index in [4.69, 9.17) is 10.3 Å². The third-order valence-corrected chi connectivity index (χ3v) is 7.57. The molecule has 0 bridgehead atoms. The quantitative estimate of drug-likeness (QED) is 0.347. The number of hydrogen-bond acceptors (Lipinski definition) is 4. The highest BCUT2D eigenvalue weighted by atomic mass is 32.2. The van der Waals surface area contributed by atoms with E-state index in [0.717, 1.165) is 11.1 Å². The summed E-state index contributed by atoms with van der Waals surface area (Å²) < 4.78 is 5.62. The number of rotatable bonds is 4. The molecule has 2 saturated heterocycles. The first-order valence-corrected chi connectivity index (χ1v) is 9.94. The molecule has 5 rings (SSSR count). The maximum absolute atomic E-state index is 13.4. The predicted octanol–water partition coefficient (Wildman–Crippen LogP) is 2.81. The normalized spacial score (nSPS) is 29.6. The van der Waals surface area contributed by atoms with Crippen LogP contribution in [0.5, 0.6) is 0 Å². The van der Waals surface area contributed by atoms with Crippen LogP contribution < -0.4 is 0 Å². The molecule has 2 aromatic carbocycles. The summed E-state index contributed by atoms with van der Waals surface area (Å²) in [7, 11) is 0. The molecule has 28 heavy (non-hydrogen) atoms. The van der Waals surface area contributed by atoms with Gasteiger partial charge in [0.05, 0.1) is 4.75 Å². The number of hydrogen-bond donors (Lipinski definition) is 0. The highest BCUT2D eigenvalue weighted by Crippen LogP contribution is 2.71. The van der Waals surface area contributed by atoms with Gasteiger partial charge in [0.2, 0.25) is 0 Å². The molecular formula is C21H17N3O3S. The van der Waals surface area contributed by atoms with Crippen molar-refractivity contribution < 1.29 is 19.1 Å². The molecule has 0 spiro atoms. The smallest absolute Gasteiger partial charge is 0.388 e. The molecule has 3 atom stereocenters. The van der Waals surface area contributed by atoms with E-state index in [1.807, 2.05) is 67.6 Å². The Balaban J connectivity index is 1.49. The summed E-state index contributed by atoms with van der Waals surface area (Å²) >= 11 is 1.49. The highest BCUT2D eigenvalue weighted by Gasteiger charge is 2.87. The van der Waals surface area contributed by atoms with Gasteiger partial charge in [0.25, 0.3) is 0 Å². The molecule has 1 amide bonds. The molecule has 2 aliphatic heterocycles. The Kier molecular flexibility index (Phi) is 3.57. The van der Waals surface area contributed by atoms with Crippen molar-refractivity contribution in [3.63, 3.8) is 0 Å². The van der Waals surface area contributed by atoms with Gasteiger partial charge in [-0.25, -0.2) is 4.79 Å². The first-order chi connectivity index (χ1) is 13.5. The average molecular weight is 391 g/mol. The Bertz CT molecular complexity index is 998. The summed E-state index contributed by atoms with van der Waals surface area (Å²) in [5.41, 5.74) is 9.92. The van der Waals surface area contributed by atoms with E-state index in [1.165, 1.54) is 16.7 Å². The number of β-lactam (4-membered cyclic amide) rings is 1. The average Bonchev–Trinajstić information content (AvgIpc) is 3.25. The van der Waals surface area contributed by atoms with Crippen LogP contribution in [0.1, 0.15) is 30.6 Å². The van der Waals surface area contributed by atoms with Crippen LogP contribution in [0.4, 0.5) is 0 Å². The zero-order valence-corrected chi connectivity index (χ0v) is 15.9. The van der Waals surface area contributed by atoms with Gasteiger partial charge in [-0.3, -0.25) is 9.69 Å². The lowest BCUT2D eigenvalue weighted by atomic mass is 10.0. The summed E-state index contributed by atoms with van der Waals surface area (Å²) in [5, 5.41) is -0.379. The Morgan fingerprint density at radius 2 is 1.75 bits per heavy atom. The Morgan fingerprint density at radius 1 is 1.18 bits per heavy atom. The van der Waals surface area contributed by atoms with Gasteiger partial charge < -0.3 is 10.3 Å². The van der Waals surface area contributed by atoms with Crippen molar-refractivity contribution in [1.29, 1.82) is 0 Å². The number of ether oxygens (including phenoxy) is 1. The fourth-order valence-electron chi connectivity index (χ4n) is 4.31. The largest absolute Gasteiger partial charge is 0.451 e. The third-order valence-electron chi connectivity index (χ3n) is 5.91. The number of amides is 1. The van der Waals surface area contributed by atoms with Crippen molar-refractivity contribution in [3.05, 3.63) is 77.3 Å². The first kappa shape index (κ1) is 17.2. The van der Waals surface area contributed by atoms with Crippen LogP contribution in [0.3, 0.4) is 0 Å². The Morgan fingerprint density at radius 3 is 2.29 bits per heavy atom. The molecule has 3 aliphatic rings. The maximum Gasteiger partial charge on any atom is 0.388 e. The van der Waals surface area contributed by atoms with Crippen LogP contribution in [-0.2, 0) is 14.3 Å². The predicted molar refractivity (Wildman–Crippen MR) is 103 cm³/mol. The Hall–Kier alpha value is -2.89. The number of esters is 1. The third kappa shape index (κ3) is 2.11. The van der Waals surface area contributed by atoms with Gasteiger partial charge in [-0.15, -0.1) is 11.8 Å². The van der Waals surface area contributed by atoms with Crippen LogP contribution >= 0.6 is 11.8 Å². The van der Waals surface area contributed by atoms with E-state index in [0.29, 0.717) is 6.42 Å². The molecule has 140 valence electrons. The first-order valence-electron chi connectivity index (χ1n) is 9.06. The fraction of sp³-hybridized carbons (Fsp3) is 0.286. The van der Waals surface area contributed by atoms with Crippen LogP contribution in [0, 0.1) is 0 Å². The van der Waals surface area contributed by atoms with Gasteiger partial charge in [-0.05, 0) is 18.1 Å². The molecule has 0 radical (unpaired) electrons. The lowest BCUT2D eigenvalue weighted by Gasteiger charge is -2.35. The van der Waals surface area contributed by atoms with Crippen molar-refractivity contribution >= 4 is 29.4 Å². The van der Waals surface area contributed by atoms with Gasteiger partial charge in [0, 0.05) is 6.42 Å². The lowest BCUT2D eigenvalue weighted by Crippen LogP contribution is -2.65. The Labute approximate surface area is 166 Å².